The molecule has 0 amide bonds. The second-order valence-corrected chi connectivity index (χ2v) is 5.91. The fraction of sp³-hybridized carbons (Fsp3) is 0.600. The first-order valence-electron chi connectivity index (χ1n) is 5.71. The highest BCUT2D eigenvalue weighted by molar-refractivity contribution is 7.89. The number of nitrogens with one attached hydrogen (secondary N) is 2. The quantitative estimate of drug-likeness (QED) is 0.447. The predicted octanol–water partition coefficient (Wildman–Crippen LogP) is -0.319. The van der Waals surface area contributed by atoms with Crippen LogP contribution >= 0.6 is 0 Å². The molecule has 1 heterocycles. The van der Waals surface area contributed by atoms with Crippen molar-refractivity contribution in [2.24, 2.45) is 5.73 Å². The maximum Gasteiger partial charge on any atom is 0.260 e. The Morgan fingerprint density at radius 1 is 1.58 bits per heavy atom. The summed E-state index contributed by atoms with van der Waals surface area (Å²) in [4.78, 5) is 6.58. The Hall–Kier alpha value is -1.45. The Balaban J connectivity index is 2.91. The molecule has 1 aromatic heterocycles. The topological polar surface area (TPSA) is 125 Å². The summed E-state index contributed by atoms with van der Waals surface area (Å²) in [5.74, 6) is 0.468. The minimum absolute atomic E-state index is 0.0321. The van der Waals surface area contributed by atoms with Gasteiger partial charge in [-0.05, 0) is 6.92 Å². The van der Waals surface area contributed by atoms with Crippen LogP contribution in [0.2, 0.25) is 0 Å². The highest BCUT2D eigenvalue weighted by Gasteiger charge is 2.25. The molecule has 0 unspecified atom stereocenters. The van der Waals surface area contributed by atoms with Crippen molar-refractivity contribution in [2.45, 2.75) is 18.4 Å². The zero-order chi connectivity index (χ0) is 14.5. The molecule has 108 valence electrons. The van der Waals surface area contributed by atoms with E-state index in [1.807, 2.05) is 0 Å². The zero-order valence-corrected chi connectivity index (χ0v) is 11.8. The van der Waals surface area contributed by atoms with Gasteiger partial charge in [0.25, 0.3) is 10.0 Å². The molecule has 0 saturated heterocycles. The van der Waals surface area contributed by atoms with Crippen molar-refractivity contribution in [3.05, 3.63) is 12.0 Å². The highest BCUT2D eigenvalue weighted by atomic mass is 32.2. The van der Waals surface area contributed by atoms with Crippen molar-refractivity contribution in [3.63, 3.8) is 0 Å². The molecule has 0 saturated carbocycles. The Morgan fingerprint density at radius 3 is 2.74 bits per heavy atom. The fourth-order valence-electron chi connectivity index (χ4n) is 1.46. The van der Waals surface area contributed by atoms with E-state index in [0.717, 1.165) is 0 Å². The van der Waals surface area contributed by atoms with Crippen molar-refractivity contribution in [1.29, 1.82) is 5.41 Å². The van der Waals surface area contributed by atoms with Crippen molar-refractivity contribution >= 4 is 15.9 Å². The van der Waals surface area contributed by atoms with Crippen molar-refractivity contribution in [1.82, 2.24) is 14.3 Å². The van der Waals surface area contributed by atoms with Crippen LogP contribution in [-0.4, -0.2) is 55.3 Å². The van der Waals surface area contributed by atoms with Gasteiger partial charge in [0.05, 0.1) is 18.6 Å². The molecular formula is C10H19N5O3S. The number of imidazole rings is 1. The predicted molar refractivity (Wildman–Crippen MR) is 70.5 cm³/mol. The number of aromatic amines is 1. The van der Waals surface area contributed by atoms with Crippen molar-refractivity contribution in [3.8, 4) is 0 Å². The second kappa shape index (κ2) is 6.64. The maximum absolute atomic E-state index is 12.4. The maximum atomic E-state index is 12.4. The third kappa shape index (κ3) is 4.30. The van der Waals surface area contributed by atoms with Crippen LogP contribution in [0, 0.1) is 12.3 Å². The van der Waals surface area contributed by atoms with Gasteiger partial charge in [-0.15, -0.1) is 0 Å². The lowest BCUT2D eigenvalue weighted by Gasteiger charge is -2.20. The number of amidine groups is 1. The van der Waals surface area contributed by atoms with E-state index in [1.165, 1.54) is 17.6 Å². The largest absolute Gasteiger partial charge is 0.388 e. The van der Waals surface area contributed by atoms with Gasteiger partial charge < -0.3 is 15.5 Å². The average Bonchev–Trinajstić information content (AvgIpc) is 2.76. The first-order valence-corrected chi connectivity index (χ1v) is 7.15. The molecule has 0 radical (unpaired) electrons. The molecule has 1 aromatic rings. The summed E-state index contributed by atoms with van der Waals surface area (Å²) >= 11 is 0. The number of hydrogen-bond donors (Lipinski definition) is 3. The van der Waals surface area contributed by atoms with Gasteiger partial charge in [-0.2, -0.15) is 4.31 Å². The van der Waals surface area contributed by atoms with E-state index in [4.69, 9.17) is 15.9 Å². The standard InChI is InChI=1S/C10H19N5O3S/c1-8-13-7-10(14-8)19(16,17)15(5-6-18-2)4-3-9(11)12/h7H,3-6H2,1-2H3,(H3,11,12)(H,13,14). The summed E-state index contributed by atoms with van der Waals surface area (Å²) in [5.41, 5.74) is 5.27. The van der Waals surface area contributed by atoms with Gasteiger partial charge in [0.15, 0.2) is 5.03 Å². The molecular weight excluding hydrogens is 270 g/mol. The van der Waals surface area contributed by atoms with E-state index in [-0.39, 0.29) is 37.0 Å². The van der Waals surface area contributed by atoms with Crippen LogP contribution in [0.4, 0.5) is 0 Å². The number of rotatable bonds is 8. The van der Waals surface area contributed by atoms with Gasteiger partial charge in [-0.1, -0.05) is 0 Å². The van der Waals surface area contributed by atoms with E-state index < -0.39 is 10.0 Å². The molecule has 4 N–H and O–H groups in total. The molecule has 0 aliphatic rings. The molecule has 19 heavy (non-hydrogen) atoms. The third-order valence-electron chi connectivity index (χ3n) is 2.47. The summed E-state index contributed by atoms with van der Waals surface area (Å²) in [6, 6.07) is 0. The number of sulfonamides is 1. The first kappa shape index (κ1) is 15.6. The van der Waals surface area contributed by atoms with Crippen molar-refractivity contribution in [2.75, 3.05) is 26.8 Å². The van der Waals surface area contributed by atoms with Crippen LogP contribution in [0.15, 0.2) is 11.2 Å². The number of nitrogens with zero attached hydrogens (tertiary/aromatic N) is 2. The average molecular weight is 289 g/mol. The van der Waals surface area contributed by atoms with E-state index >= 15 is 0 Å². The monoisotopic (exact) mass is 289 g/mol. The Kier molecular flexibility index (Phi) is 5.45. The summed E-state index contributed by atoms with van der Waals surface area (Å²) in [7, 11) is -2.17. The van der Waals surface area contributed by atoms with E-state index in [9.17, 15) is 8.42 Å². The number of nitrogens with two attached hydrogens (primary N) is 1. The van der Waals surface area contributed by atoms with Gasteiger partial charge in [0.2, 0.25) is 0 Å². The Morgan fingerprint density at radius 2 is 2.26 bits per heavy atom. The SMILES string of the molecule is COCCN(CCC(=N)N)S(=O)(=O)c1cnc(C)[nH]1. The zero-order valence-electron chi connectivity index (χ0n) is 11.0. The number of H-pyrrole nitrogens is 1. The van der Waals surface area contributed by atoms with E-state index in [0.29, 0.717) is 5.82 Å². The van der Waals surface area contributed by atoms with Crippen LogP contribution in [0.25, 0.3) is 0 Å². The lowest BCUT2D eigenvalue weighted by molar-refractivity contribution is 0.179. The highest BCUT2D eigenvalue weighted by Crippen LogP contribution is 2.13. The van der Waals surface area contributed by atoms with Crippen molar-refractivity contribution < 1.29 is 13.2 Å². The normalized spacial score (nSPS) is 11.9. The molecule has 1 rings (SSSR count). The van der Waals surface area contributed by atoms with E-state index in [2.05, 4.69) is 9.97 Å². The van der Waals surface area contributed by atoms with Gasteiger partial charge in [-0.25, -0.2) is 13.4 Å². The number of aromatic nitrogens is 2. The molecule has 0 aliphatic carbocycles. The fourth-order valence-corrected chi connectivity index (χ4v) is 2.85. The Bertz CT molecular complexity index is 525. The molecule has 0 aromatic carbocycles. The molecule has 0 spiro atoms. The molecule has 0 bridgehead atoms. The summed E-state index contributed by atoms with van der Waals surface area (Å²) in [5, 5.41) is 7.21. The van der Waals surface area contributed by atoms with Gasteiger partial charge in [0.1, 0.15) is 5.82 Å². The van der Waals surface area contributed by atoms with Gasteiger partial charge in [-0.3, -0.25) is 5.41 Å². The number of aryl methyl sites for hydroxylation is 1. The molecule has 9 heteroatoms. The number of hydrogen-bond acceptors (Lipinski definition) is 5. The van der Waals surface area contributed by atoms with Crippen LogP contribution in [-0.2, 0) is 14.8 Å². The van der Waals surface area contributed by atoms with E-state index in [1.54, 1.807) is 6.92 Å². The first-order chi connectivity index (χ1) is 8.87. The third-order valence-corrected chi connectivity index (χ3v) is 4.28. The minimum Gasteiger partial charge on any atom is -0.388 e. The summed E-state index contributed by atoms with van der Waals surface area (Å²) in [6.45, 7) is 2.28. The number of ether oxygens (including phenoxy) is 1. The second-order valence-electron chi connectivity index (χ2n) is 4.00. The number of methoxy groups -OCH3 is 1. The summed E-state index contributed by atoms with van der Waals surface area (Å²) < 4.78 is 30.8. The van der Waals surface area contributed by atoms with Crippen LogP contribution < -0.4 is 5.73 Å². The smallest absolute Gasteiger partial charge is 0.260 e. The molecule has 0 atom stereocenters. The lowest BCUT2D eigenvalue weighted by atomic mass is 10.4. The van der Waals surface area contributed by atoms with Crippen LogP contribution in [0.5, 0.6) is 0 Å². The van der Waals surface area contributed by atoms with Gasteiger partial charge >= 0.3 is 0 Å². The Labute approximate surface area is 112 Å². The van der Waals surface area contributed by atoms with Gasteiger partial charge in [0, 0.05) is 26.6 Å². The molecule has 8 nitrogen and oxygen atoms in total. The lowest BCUT2D eigenvalue weighted by Crippen LogP contribution is -2.36. The van der Waals surface area contributed by atoms with Crippen LogP contribution in [0.3, 0.4) is 0 Å². The summed E-state index contributed by atoms with van der Waals surface area (Å²) in [6.07, 6.45) is 1.45. The molecule has 0 fully saturated rings. The minimum atomic E-state index is -3.67. The molecule has 0 aliphatic heterocycles. The van der Waals surface area contributed by atoms with Crippen LogP contribution in [0.1, 0.15) is 12.2 Å².